The molecule has 0 saturated carbocycles. The Morgan fingerprint density at radius 2 is 1.32 bits per heavy atom. The van der Waals surface area contributed by atoms with Crippen molar-refractivity contribution in [2.75, 3.05) is 34.4 Å². The third-order valence-corrected chi connectivity index (χ3v) is 15.4. The molecule has 3 N–H and O–H groups in total. The van der Waals surface area contributed by atoms with Gasteiger partial charge >= 0.3 is 6.09 Å². The zero-order valence-corrected chi connectivity index (χ0v) is 39.7. The number of nitrogens with two attached hydrogens (primary N) is 1. The van der Waals surface area contributed by atoms with Gasteiger partial charge in [0.15, 0.2) is 21.5 Å². The number of methoxy groups -OCH3 is 3. The number of amides is 2. The second kappa shape index (κ2) is 18.7. The number of nitrogens with zero attached hydrogens (tertiary/aromatic N) is 7. The van der Waals surface area contributed by atoms with E-state index in [1.165, 1.54) is 47.3 Å². The van der Waals surface area contributed by atoms with Gasteiger partial charge in [0.1, 0.15) is 33.0 Å². The fourth-order valence-electron chi connectivity index (χ4n) is 7.76. The maximum Gasteiger partial charge on any atom is 0.410 e. The summed E-state index contributed by atoms with van der Waals surface area (Å²) >= 11 is 0. The van der Waals surface area contributed by atoms with E-state index >= 15 is 16.8 Å². The number of sulfone groups is 1. The van der Waals surface area contributed by atoms with E-state index in [0.717, 1.165) is 0 Å². The normalized spacial score (nSPS) is 13.4. The van der Waals surface area contributed by atoms with Crippen LogP contribution in [0.15, 0.2) is 113 Å². The average Bonchev–Trinajstić information content (AvgIpc) is 3.95. The lowest BCUT2D eigenvalue weighted by Gasteiger charge is -2.39. The maximum absolute atomic E-state index is 16.3. The summed E-state index contributed by atoms with van der Waals surface area (Å²) in [6, 6.07) is 28.4. The van der Waals surface area contributed by atoms with E-state index < -0.39 is 52.5 Å². The first kappa shape index (κ1) is 47.1. The number of imidazole rings is 1. The van der Waals surface area contributed by atoms with Gasteiger partial charge in [-0.05, 0) is 102 Å². The van der Waals surface area contributed by atoms with E-state index in [1.807, 2.05) is 0 Å². The highest BCUT2D eigenvalue weighted by Gasteiger charge is 2.46. The van der Waals surface area contributed by atoms with Crippen molar-refractivity contribution >= 4 is 42.9 Å². The summed E-state index contributed by atoms with van der Waals surface area (Å²) in [5, 5.41) is 11.5. The number of ether oxygens (including phenoxy) is 4. The molecule has 1 fully saturated rings. The molecule has 0 radical (unpaired) electrons. The molecule has 68 heavy (non-hydrogen) atoms. The highest BCUT2D eigenvalue weighted by molar-refractivity contribution is 7.94. The summed E-state index contributed by atoms with van der Waals surface area (Å²) in [4.78, 5) is 33.0. The molecule has 0 aliphatic carbocycles. The number of aromatic nitrogens is 6. The van der Waals surface area contributed by atoms with E-state index in [1.54, 1.807) is 112 Å². The number of hydrogen-bond donors (Lipinski definition) is 2. The van der Waals surface area contributed by atoms with Gasteiger partial charge in [0.05, 0.1) is 49.4 Å². The third kappa shape index (κ3) is 9.58. The summed E-state index contributed by atoms with van der Waals surface area (Å²) < 4.78 is 87.3. The van der Waals surface area contributed by atoms with Crippen LogP contribution in [0.25, 0.3) is 33.5 Å². The number of H-pyrrole nitrogens is 1. The summed E-state index contributed by atoms with van der Waals surface area (Å²) in [5.41, 5.74) is 7.55. The van der Waals surface area contributed by atoms with Crippen molar-refractivity contribution in [3.8, 4) is 39.8 Å². The van der Waals surface area contributed by atoms with Crippen LogP contribution in [0, 0.1) is 0 Å². The van der Waals surface area contributed by atoms with Gasteiger partial charge in [-0.1, -0.05) is 54.6 Å². The number of rotatable bonds is 16. The molecule has 19 nitrogen and oxygen atoms in total. The van der Waals surface area contributed by atoms with Crippen LogP contribution >= 0.6 is 0 Å². The second-order valence-electron chi connectivity index (χ2n) is 17.0. The summed E-state index contributed by atoms with van der Waals surface area (Å²) in [6.07, 6.45) is -0.710. The Kier molecular flexibility index (Phi) is 13.0. The van der Waals surface area contributed by atoms with Crippen molar-refractivity contribution in [2.45, 2.75) is 61.0 Å². The monoisotopic (exact) mass is 963 g/mol. The van der Waals surface area contributed by atoms with Gasteiger partial charge in [0, 0.05) is 31.7 Å². The number of fused-ring (bicyclic) bond motifs is 1. The second-order valence-corrected chi connectivity index (χ2v) is 21.1. The highest BCUT2D eigenvalue weighted by Crippen LogP contribution is 2.45. The first-order valence-electron chi connectivity index (χ1n) is 21.2. The molecule has 2 aromatic heterocycles. The van der Waals surface area contributed by atoms with E-state index in [0.29, 0.717) is 45.0 Å². The van der Waals surface area contributed by atoms with Crippen LogP contribution in [0.5, 0.6) is 17.2 Å². The molecule has 2 amide bonds. The molecule has 1 aliphatic rings. The number of carbonyl (C=O) groups is 2. The van der Waals surface area contributed by atoms with Crippen LogP contribution in [-0.4, -0.2) is 113 Å². The number of nitrogens with one attached hydrogen (secondary N) is 1. The SMILES string of the molecule is COc1ccc(CN(Cc2ccc(OC)cc2)S(=O)(=O)c2c(S(=O)(=O)C3CN(C(=O)OC(C)(C)C)C3)ccc(-c3cccc4[nH]c(C(N)=O)nc34)c2-c2nnnn2Cc2ccc(OC)cc2)cc1. The molecule has 21 heteroatoms. The number of hydrogen-bond acceptors (Lipinski definition) is 14. The summed E-state index contributed by atoms with van der Waals surface area (Å²) in [7, 11) is -5.06. The molecule has 8 rings (SSSR count). The number of tetrazole rings is 1. The number of primary amides is 1. The lowest BCUT2D eigenvalue weighted by atomic mass is 9.97. The minimum Gasteiger partial charge on any atom is -0.497 e. The van der Waals surface area contributed by atoms with Crippen molar-refractivity contribution < 1.29 is 45.4 Å². The van der Waals surface area contributed by atoms with E-state index in [-0.39, 0.29) is 61.0 Å². The third-order valence-electron chi connectivity index (χ3n) is 11.3. The number of benzene rings is 5. The number of likely N-dealkylation sites (tertiary alicyclic amines) is 1. The van der Waals surface area contributed by atoms with Crippen LogP contribution in [0.3, 0.4) is 0 Å². The Hall–Kier alpha value is -7.36. The molecule has 3 heterocycles. The zero-order chi connectivity index (χ0) is 48.5. The molecular weight excluding hydrogens is 915 g/mol. The largest absolute Gasteiger partial charge is 0.497 e. The van der Waals surface area contributed by atoms with E-state index in [9.17, 15) is 9.59 Å². The summed E-state index contributed by atoms with van der Waals surface area (Å²) in [6.45, 7) is 4.10. The van der Waals surface area contributed by atoms with Gasteiger partial charge in [-0.2, -0.15) is 4.31 Å². The van der Waals surface area contributed by atoms with E-state index in [2.05, 4.69) is 25.5 Å². The number of carbonyl (C=O) groups excluding carboxylic acids is 2. The summed E-state index contributed by atoms with van der Waals surface area (Å²) in [5.74, 6) is 0.574. The number of sulfonamides is 1. The van der Waals surface area contributed by atoms with Gasteiger partial charge in [-0.25, -0.2) is 31.3 Å². The molecule has 1 saturated heterocycles. The van der Waals surface area contributed by atoms with Crippen molar-refractivity contribution in [1.29, 1.82) is 0 Å². The van der Waals surface area contributed by atoms with E-state index in [4.69, 9.17) is 24.7 Å². The molecule has 0 atom stereocenters. The maximum atomic E-state index is 16.3. The molecule has 1 aliphatic heterocycles. The van der Waals surface area contributed by atoms with Gasteiger partial charge in [-0.3, -0.25) is 4.79 Å². The van der Waals surface area contributed by atoms with Crippen LogP contribution < -0.4 is 19.9 Å². The number of aromatic amines is 1. The molecule has 0 spiro atoms. The van der Waals surface area contributed by atoms with Gasteiger partial charge in [0.25, 0.3) is 5.91 Å². The van der Waals surface area contributed by atoms with Crippen LogP contribution in [0.1, 0.15) is 48.1 Å². The first-order valence-corrected chi connectivity index (χ1v) is 24.2. The zero-order valence-electron chi connectivity index (χ0n) is 38.0. The number of para-hydroxylation sites is 1. The quantitative estimate of drug-likeness (QED) is 0.116. The average molecular weight is 964 g/mol. The van der Waals surface area contributed by atoms with Crippen molar-refractivity contribution in [3.05, 3.63) is 126 Å². The lowest BCUT2D eigenvalue weighted by molar-refractivity contribution is 0.0138. The van der Waals surface area contributed by atoms with Crippen molar-refractivity contribution in [1.82, 2.24) is 39.4 Å². The Balaban J connectivity index is 1.41. The Bertz CT molecular complexity index is 3170. The Labute approximate surface area is 392 Å². The fourth-order valence-corrected chi connectivity index (χ4v) is 11.8. The molecule has 7 aromatic rings. The van der Waals surface area contributed by atoms with Crippen LogP contribution in [-0.2, 0) is 44.2 Å². The molecule has 354 valence electrons. The topological polar surface area (TPSA) is 244 Å². The molecule has 0 bridgehead atoms. The van der Waals surface area contributed by atoms with Crippen LogP contribution in [0.4, 0.5) is 4.79 Å². The fraction of sp³-hybridized carbons (Fsp3) is 0.277. The highest BCUT2D eigenvalue weighted by atomic mass is 32.2. The minimum atomic E-state index is -5.00. The Morgan fingerprint density at radius 3 is 1.85 bits per heavy atom. The molecular formula is C47H49N9O10S2. The van der Waals surface area contributed by atoms with Crippen molar-refractivity contribution in [3.63, 3.8) is 0 Å². The molecule has 5 aromatic carbocycles. The standard InChI is InChI=1S/C47H49N9O10S2/c1-47(2,3)66-46(58)54-27-35(28-54)67(59,60)39-23-22-36(37-8-7-9-38-41(37)50-44(49-38)43(48)57)40(45-51-52-53-56(45)26-31-14-20-34(65-6)21-15-31)42(39)68(61,62)55(24-29-10-16-32(63-4)17-11-29)25-30-12-18-33(64-5)19-13-30/h7-23,35H,24-28H2,1-6H3,(H2,48,57)(H,49,50). The van der Waals surface area contributed by atoms with Gasteiger partial charge < -0.3 is 34.6 Å². The predicted molar refractivity (Wildman–Crippen MR) is 250 cm³/mol. The van der Waals surface area contributed by atoms with Crippen molar-refractivity contribution in [2.24, 2.45) is 5.73 Å². The lowest BCUT2D eigenvalue weighted by Crippen LogP contribution is -2.57. The van der Waals surface area contributed by atoms with Crippen LogP contribution in [0.2, 0.25) is 0 Å². The Morgan fingerprint density at radius 1 is 0.765 bits per heavy atom. The predicted octanol–water partition coefficient (Wildman–Crippen LogP) is 5.84. The first-order chi connectivity index (χ1) is 32.4. The smallest absolute Gasteiger partial charge is 0.410 e. The van der Waals surface area contributed by atoms with Gasteiger partial charge in [0.2, 0.25) is 10.0 Å². The van der Waals surface area contributed by atoms with Gasteiger partial charge in [-0.15, -0.1) is 5.10 Å². The molecule has 0 unspecified atom stereocenters. The minimum absolute atomic E-state index is 0.00947.